The summed E-state index contributed by atoms with van der Waals surface area (Å²) in [5.74, 6) is 0. The van der Waals surface area contributed by atoms with E-state index in [0.717, 1.165) is 12.8 Å². The van der Waals surface area contributed by atoms with Gasteiger partial charge < -0.3 is 5.32 Å². The third-order valence-corrected chi connectivity index (χ3v) is 1.82. The molecule has 1 atom stereocenters. The second-order valence-corrected chi connectivity index (χ2v) is 2.66. The summed E-state index contributed by atoms with van der Waals surface area (Å²) in [7, 11) is 2.00. The molecule has 1 unspecified atom stereocenters. The van der Waals surface area contributed by atoms with Crippen LogP contribution in [-0.4, -0.2) is 13.1 Å². The predicted octanol–water partition coefficient (Wildman–Crippen LogP) is 2.34. The third-order valence-electron chi connectivity index (χ3n) is 1.82. The number of hydrogen-bond acceptors (Lipinski definition) is 1. The van der Waals surface area contributed by atoms with E-state index in [1.165, 1.54) is 12.0 Å². The Hall–Kier alpha value is -0.300. The molecule has 0 spiro atoms. The van der Waals surface area contributed by atoms with Crippen LogP contribution in [0.15, 0.2) is 12.2 Å². The summed E-state index contributed by atoms with van der Waals surface area (Å²) in [4.78, 5) is 0. The summed E-state index contributed by atoms with van der Waals surface area (Å²) < 4.78 is 0. The van der Waals surface area contributed by atoms with E-state index in [1.807, 2.05) is 7.05 Å². The van der Waals surface area contributed by atoms with Gasteiger partial charge in [-0.15, -0.1) is 0 Å². The van der Waals surface area contributed by atoms with Crippen LogP contribution in [0.2, 0.25) is 0 Å². The normalized spacial score (nSPS) is 13.1. The number of rotatable bonds is 5. The number of likely N-dealkylation sites (N-methyl/N-ethyl adjacent to an activating group) is 1. The van der Waals surface area contributed by atoms with Gasteiger partial charge in [0.25, 0.3) is 0 Å². The van der Waals surface area contributed by atoms with Crippen molar-refractivity contribution in [2.24, 2.45) is 0 Å². The first-order valence-electron chi connectivity index (χ1n) is 4.11. The van der Waals surface area contributed by atoms with Crippen molar-refractivity contribution in [3.8, 4) is 0 Å². The van der Waals surface area contributed by atoms with E-state index in [0.29, 0.717) is 6.04 Å². The molecule has 0 amide bonds. The van der Waals surface area contributed by atoms with Crippen LogP contribution in [0.1, 0.15) is 33.1 Å². The van der Waals surface area contributed by atoms with Gasteiger partial charge in [0.2, 0.25) is 0 Å². The molecule has 0 aromatic carbocycles. The second kappa shape index (κ2) is 5.48. The molecule has 1 N–H and O–H groups in total. The Labute approximate surface area is 64.5 Å². The van der Waals surface area contributed by atoms with Crippen LogP contribution in [0.5, 0.6) is 0 Å². The molecule has 0 fully saturated rings. The molecule has 0 heterocycles. The van der Waals surface area contributed by atoms with Gasteiger partial charge >= 0.3 is 0 Å². The van der Waals surface area contributed by atoms with Crippen molar-refractivity contribution in [3.05, 3.63) is 12.2 Å². The average molecular weight is 141 g/mol. The molecule has 0 aliphatic heterocycles. The van der Waals surface area contributed by atoms with Crippen LogP contribution in [0, 0.1) is 0 Å². The fourth-order valence-electron chi connectivity index (χ4n) is 1.19. The zero-order valence-electron chi connectivity index (χ0n) is 7.41. The molecule has 0 radical (unpaired) electrons. The van der Waals surface area contributed by atoms with Crippen molar-refractivity contribution < 1.29 is 0 Å². The van der Waals surface area contributed by atoms with Crippen LogP contribution in [0.4, 0.5) is 0 Å². The number of hydrogen-bond donors (Lipinski definition) is 1. The molecule has 0 bridgehead atoms. The minimum Gasteiger partial charge on any atom is -0.313 e. The van der Waals surface area contributed by atoms with E-state index in [1.54, 1.807) is 0 Å². The van der Waals surface area contributed by atoms with Crippen LogP contribution in [0.3, 0.4) is 0 Å². The summed E-state index contributed by atoms with van der Waals surface area (Å²) >= 11 is 0. The van der Waals surface area contributed by atoms with Crippen LogP contribution >= 0.6 is 0 Å². The molecule has 0 aromatic heterocycles. The van der Waals surface area contributed by atoms with Crippen LogP contribution < -0.4 is 5.32 Å². The highest BCUT2D eigenvalue weighted by Crippen LogP contribution is 2.09. The van der Waals surface area contributed by atoms with E-state index in [2.05, 4.69) is 25.7 Å². The molecule has 1 nitrogen and oxygen atoms in total. The second-order valence-electron chi connectivity index (χ2n) is 2.66. The topological polar surface area (TPSA) is 12.0 Å². The van der Waals surface area contributed by atoms with Gasteiger partial charge in [-0.05, 0) is 19.9 Å². The summed E-state index contributed by atoms with van der Waals surface area (Å²) in [6.45, 7) is 8.39. The highest BCUT2D eigenvalue weighted by molar-refractivity contribution is 5.04. The molecule has 0 aromatic rings. The molecule has 0 saturated heterocycles. The maximum absolute atomic E-state index is 4.02. The lowest BCUT2D eigenvalue weighted by Gasteiger charge is -2.15. The lowest BCUT2D eigenvalue weighted by Crippen LogP contribution is -2.25. The van der Waals surface area contributed by atoms with E-state index in [4.69, 9.17) is 0 Å². The van der Waals surface area contributed by atoms with Crippen LogP contribution in [0.25, 0.3) is 0 Å². The smallest absolute Gasteiger partial charge is 0.0271 e. The summed E-state index contributed by atoms with van der Waals surface area (Å²) in [5.41, 5.74) is 1.34. The molecule has 0 saturated carbocycles. The van der Waals surface area contributed by atoms with Crippen molar-refractivity contribution in [1.29, 1.82) is 0 Å². The maximum atomic E-state index is 4.02. The van der Waals surface area contributed by atoms with Gasteiger partial charge in [-0.1, -0.05) is 32.4 Å². The first kappa shape index (κ1) is 9.70. The average Bonchev–Trinajstić information content (AvgIpc) is 1.91. The minimum absolute atomic E-state index is 0.528. The largest absolute Gasteiger partial charge is 0.313 e. The summed E-state index contributed by atoms with van der Waals surface area (Å²) in [6.07, 6.45) is 3.51. The highest BCUT2D eigenvalue weighted by Gasteiger charge is 2.04. The molecule has 60 valence electrons. The van der Waals surface area contributed by atoms with Crippen molar-refractivity contribution >= 4 is 0 Å². The van der Waals surface area contributed by atoms with Crippen molar-refractivity contribution in [3.63, 3.8) is 0 Å². The zero-order chi connectivity index (χ0) is 7.98. The Morgan fingerprint density at radius 3 is 2.40 bits per heavy atom. The predicted molar refractivity (Wildman–Crippen MR) is 47.2 cm³/mol. The Morgan fingerprint density at radius 2 is 2.10 bits per heavy atom. The van der Waals surface area contributed by atoms with Crippen LogP contribution in [-0.2, 0) is 0 Å². The van der Waals surface area contributed by atoms with Gasteiger partial charge in [-0.25, -0.2) is 0 Å². The maximum Gasteiger partial charge on any atom is 0.0271 e. The van der Waals surface area contributed by atoms with E-state index in [-0.39, 0.29) is 0 Å². The molecule has 0 rings (SSSR count). The molecule has 1 heteroatoms. The first-order valence-corrected chi connectivity index (χ1v) is 4.11. The molecule has 0 aliphatic rings. The Balaban J connectivity index is 3.65. The van der Waals surface area contributed by atoms with Crippen molar-refractivity contribution in [2.45, 2.75) is 39.2 Å². The number of nitrogens with one attached hydrogen (secondary N) is 1. The van der Waals surface area contributed by atoms with Gasteiger partial charge in [-0.3, -0.25) is 0 Å². The molecule has 10 heavy (non-hydrogen) atoms. The zero-order valence-corrected chi connectivity index (χ0v) is 7.41. The Morgan fingerprint density at radius 1 is 1.50 bits per heavy atom. The van der Waals surface area contributed by atoms with Gasteiger partial charge in [0.05, 0.1) is 0 Å². The van der Waals surface area contributed by atoms with E-state index in [9.17, 15) is 0 Å². The van der Waals surface area contributed by atoms with Crippen molar-refractivity contribution in [1.82, 2.24) is 5.32 Å². The molecular formula is C9H19N. The molecule has 0 aliphatic carbocycles. The van der Waals surface area contributed by atoms with E-state index >= 15 is 0 Å². The monoisotopic (exact) mass is 141 g/mol. The Kier molecular flexibility index (Phi) is 5.32. The lowest BCUT2D eigenvalue weighted by molar-refractivity contribution is 0.593. The third kappa shape index (κ3) is 3.02. The first-order chi connectivity index (χ1) is 4.76. The lowest BCUT2D eigenvalue weighted by atomic mass is 10.0. The van der Waals surface area contributed by atoms with Crippen molar-refractivity contribution in [2.75, 3.05) is 7.05 Å². The fraction of sp³-hybridized carbons (Fsp3) is 0.778. The van der Waals surface area contributed by atoms with Gasteiger partial charge in [0, 0.05) is 6.04 Å². The quantitative estimate of drug-likeness (QED) is 0.579. The van der Waals surface area contributed by atoms with Gasteiger partial charge in [0.15, 0.2) is 0 Å². The standard InChI is InChI=1S/C9H19N/c1-5-7-8(3)9(6-2)10-4/h9-10H,3,5-7H2,1-2,4H3. The minimum atomic E-state index is 0.528. The highest BCUT2D eigenvalue weighted by atomic mass is 14.9. The van der Waals surface area contributed by atoms with E-state index < -0.39 is 0 Å². The SMILES string of the molecule is C=C(CCC)C(CC)NC. The Bertz CT molecular complexity index is 92.9. The fourth-order valence-corrected chi connectivity index (χ4v) is 1.19. The van der Waals surface area contributed by atoms with Gasteiger partial charge in [-0.2, -0.15) is 0 Å². The summed E-state index contributed by atoms with van der Waals surface area (Å²) in [6, 6.07) is 0.528. The van der Waals surface area contributed by atoms with Gasteiger partial charge in [0.1, 0.15) is 0 Å². The summed E-state index contributed by atoms with van der Waals surface area (Å²) in [5, 5.41) is 3.24. The molecular weight excluding hydrogens is 122 g/mol.